The van der Waals surface area contributed by atoms with E-state index in [1.807, 2.05) is 6.92 Å². The molecule has 2 heterocycles. The highest BCUT2D eigenvalue weighted by Gasteiger charge is 2.34. The number of anilines is 1. The molecule has 4 rings (SSSR count). The minimum atomic E-state index is -3.70. The van der Waals surface area contributed by atoms with Gasteiger partial charge in [0.25, 0.3) is 0 Å². The quantitative estimate of drug-likeness (QED) is 0.479. The number of nitrogens with one attached hydrogen (secondary N) is 1. The molecule has 3 aromatic rings. The van der Waals surface area contributed by atoms with Crippen LogP contribution in [0.25, 0.3) is 11.5 Å². The summed E-state index contributed by atoms with van der Waals surface area (Å²) < 4.78 is 49.1. The van der Waals surface area contributed by atoms with Crippen molar-refractivity contribution in [1.29, 1.82) is 0 Å². The number of ether oxygens (including phenoxy) is 3. The molecule has 1 aromatic heterocycles. The lowest BCUT2D eigenvalue weighted by Crippen LogP contribution is -2.43. The summed E-state index contributed by atoms with van der Waals surface area (Å²) in [6, 6.07) is 9.87. The minimum Gasteiger partial charge on any atom is -0.493 e. The van der Waals surface area contributed by atoms with Crippen LogP contribution in [0.3, 0.4) is 0 Å². The number of carbonyl (C=O) groups excluding carboxylic acids is 1. The second-order valence-electron chi connectivity index (χ2n) is 8.33. The van der Waals surface area contributed by atoms with E-state index in [9.17, 15) is 13.2 Å². The molecule has 11 nitrogen and oxygen atoms in total. The number of nitrogens with zero attached hydrogens (tertiary/aromatic N) is 3. The Bertz CT molecular complexity index is 1310. The molecule has 1 atom stereocenters. The molecule has 1 N–H and O–H groups in total. The zero-order valence-electron chi connectivity index (χ0n) is 20.5. The summed E-state index contributed by atoms with van der Waals surface area (Å²) in [6.07, 6.45) is 1.10. The fourth-order valence-corrected chi connectivity index (χ4v) is 5.56. The molecular formula is C24H28N4O7S. The van der Waals surface area contributed by atoms with Crippen molar-refractivity contribution < 1.29 is 31.8 Å². The standard InChI is InChI=1S/C24H28N4O7S/c1-15-7-9-18(10-8-15)36(30,31)28-11-5-6-16(14-28)22(29)25-24-27-26-23(35-24)17-12-19(32-2)21(34-4)20(13-17)33-3/h7-10,12-13,16H,5-6,11,14H2,1-4H3,(H,25,27,29). The molecule has 2 aromatic carbocycles. The first-order chi connectivity index (χ1) is 17.3. The van der Waals surface area contributed by atoms with Crippen molar-refractivity contribution in [1.82, 2.24) is 14.5 Å². The van der Waals surface area contributed by atoms with Crippen molar-refractivity contribution in [3.05, 3.63) is 42.0 Å². The van der Waals surface area contributed by atoms with Gasteiger partial charge in [0.15, 0.2) is 11.5 Å². The van der Waals surface area contributed by atoms with E-state index in [0.717, 1.165) is 5.56 Å². The Labute approximate surface area is 209 Å². The lowest BCUT2D eigenvalue weighted by Gasteiger charge is -2.30. The number of amides is 1. The summed E-state index contributed by atoms with van der Waals surface area (Å²) in [7, 11) is 0.784. The third-order valence-corrected chi connectivity index (χ3v) is 7.86. The first-order valence-corrected chi connectivity index (χ1v) is 12.7. The van der Waals surface area contributed by atoms with Gasteiger partial charge >= 0.3 is 6.01 Å². The van der Waals surface area contributed by atoms with E-state index in [4.69, 9.17) is 18.6 Å². The average molecular weight is 517 g/mol. The van der Waals surface area contributed by atoms with E-state index in [-0.39, 0.29) is 29.3 Å². The lowest BCUT2D eigenvalue weighted by atomic mass is 9.99. The molecular weight excluding hydrogens is 488 g/mol. The fourth-order valence-electron chi connectivity index (χ4n) is 4.04. The van der Waals surface area contributed by atoms with E-state index >= 15 is 0 Å². The second kappa shape index (κ2) is 10.5. The summed E-state index contributed by atoms with van der Waals surface area (Å²) in [5.74, 6) is 0.422. The maximum Gasteiger partial charge on any atom is 0.322 e. The normalized spacial score (nSPS) is 16.4. The second-order valence-corrected chi connectivity index (χ2v) is 10.3. The van der Waals surface area contributed by atoms with Crippen molar-refractivity contribution in [3.8, 4) is 28.7 Å². The van der Waals surface area contributed by atoms with Gasteiger partial charge in [0.05, 0.1) is 32.1 Å². The Balaban J connectivity index is 1.47. The summed E-state index contributed by atoms with van der Waals surface area (Å²) >= 11 is 0. The highest BCUT2D eigenvalue weighted by molar-refractivity contribution is 7.89. The molecule has 1 aliphatic heterocycles. The number of aryl methyl sites for hydroxylation is 1. The molecule has 12 heteroatoms. The average Bonchev–Trinajstić information content (AvgIpc) is 3.36. The van der Waals surface area contributed by atoms with Crippen LogP contribution in [0.1, 0.15) is 18.4 Å². The Morgan fingerprint density at radius 3 is 2.33 bits per heavy atom. The molecule has 0 aliphatic carbocycles. The van der Waals surface area contributed by atoms with Crippen LogP contribution in [0.2, 0.25) is 0 Å². The Hall–Kier alpha value is -3.64. The van der Waals surface area contributed by atoms with E-state index in [1.54, 1.807) is 36.4 Å². The SMILES string of the molecule is COc1cc(-c2nnc(NC(=O)C3CCCN(S(=O)(=O)c4ccc(C)cc4)C3)o2)cc(OC)c1OC. The highest BCUT2D eigenvalue weighted by Crippen LogP contribution is 2.41. The van der Waals surface area contributed by atoms with Crippen molar-refractivity contribution >= 4 is 21.9 Å². The zero-order chi connectivity index (χ0) is 25.9. The summed E-state index contributed by atoms with van der Waals surface area (Å²) in [6.45, 7) is 2.31. The van der Waals surface area contributed by atoms with Gasteiger partial charge < -0.3 is 18.6 Å². The number of aromatic nitrogens is 2. The number of carbonyl (C=O) groups is 1. The van der Waals surface area contributed by atoms with E-state index in [2.05, 4.69) is 15.5 Å². The molecule has 1 fully saturated rings. The first-order valence-electron chi connectivity index (χ1n) is 11.3. The number of hydrogen-bond donors (Lipinski definition) is 1. The molecule has 0 bridgehead atoms. The lowest BCUT2D eigenvalue weighted by molar-refractivity contribution is -0.121. The van der Waals surface area contributed by atoms with Crippen LogP contribution in [0, 0.1) is 12.8 Å². The topological polar surface area (TPSA) is 133 Å². The molecule has 192 valence electrons. The van der Waals surface area contributed by atoms with Crippen molar-refractivity contribution in [2.75, 3.05) is 39.7 Å². The van der Waals surface area contributed by atoms with Crippen molar-refractivity contribution in [3.63, 3.8) is 0 Å². The number of sulfonamides is 1. The van der Waals surface area contributed by atoms with Gasteiger partial charge in [-0.15, -0.1) is 5.10 Å². The number of benzene rings is 2. The Morgan fingerprint density at radius 2 is 1.72 bits per heavy atom. The number of piperidine rings is 1. The highest BCUT2D eigenvalue weighted by atomic mass is 32.2. The van der Waals surface area contributed by atoms with Crippen LogP contribution in [-0.2, 0) is 14.8 Å². The number of methoxy groups -OCH3 is 3. The monoisotopic (exact) mass is 516 g/mol. The van der Waals surface area contributed by atoms with Crippen LogP contribution in [0.5, 0.6) is 17.2 Å². The van der Waals surface area contributed by atoms with Gasteiger partial charge in [-0.05, 0) is 44.0 Å². The van der Waals surface area contributed by atoms with E-state index < -0.39 is 15.9 Å². The molecule has 0 spiro atoms. The molecule has 1 unspecified atom stereocenters. The molecule has 0 saturated carbocycles. The fraction of sp³-hybridized carbons (Fsp3) is 0.375. The van der Waals surface area contributed by atoms with Crippen molar-refractivity contribution in [2.45, 2.75) is 24.7 Å². The van der Waals surface area contributed by atoms with Gasteiger partial charge in [-0.25, -0.2) is 8.42 Å². The first kappa shape index (κ1) is 25.5. The van der Waals surface area contributed by atoms with E-state index in [0.29, 0.717) is 42.2 Å². The van der Waals surface area contributed by atoms with Crippen LogP contribution >= 0.6 is 0 Å². The predicted octanol–water partition coefficient (Wildman–Crippen LogP) is 3.11. The largest absolute Gasteiger partial charge is 0.493 e. The van der Waals surface area contributed by atoms with E-state index in [1.165, 1.54) is 25.6 Å². The van der Waals surface area contributed by atoms with Crippen LogP contribution < -0.4 is 19.5 Å². The summed E-state index contributed by atoms with van der Waals surface area (Å²) in [5.41, 5.74) is 1.47. The number of rotatable bonds is 8. The van der Waals surface area contributed by atoms with Crippen LogP contribution in [-0.4, -0.2) is 63.2 Å². The van der Waals surface area contributed by atoms with Gasteiger partial charge in [0.2, 0.25) is 27.6 Å². The van der Waals surface area contributed by atoms with Gasteiger partial charge in [0, 0.05) is 18.7 Å². The molecule has 0 radical (unpaired) electrons. The minimum absolute atomic E-state index is 0.0654. The molecule has 36 heavy (non-hydrogen) atoms. The Kier molecular flexibility index (Phi) is 7.45. The van der Waals surface area contributed by atoms with Crippen LogP contribution in [0.15, 0.2) is 45.7 Å². The van der Waals surface area contributed by atoms with Gasteiger partial charge in [-0.3, -0.25) is 10.1 Å². The molecule has 1 aliphatic rings. The van der Waals surface area contributed by atoms with Crippen molar-refractivity contribution in [2.24, 2.45) is 5.92 Å². The van der Waals surface area contributed by atoms with Gasteiger partial charge in [-0.1, -0.05) is 22.8 Å². The molecule has 1 amide bonds. The number of hydrogen-bond acceptors (Lipinski definition) is 9. The third kappa shape index (κ3) is 5.14. The third-order valence-electron chi connectivity index (χ3n) is 5.98. The maximum atomic E-state index is 13.1. The zero-order valence-corrected chi connectivity index (χ0v) is 21.3. The Morgan fingerprint density at radius 1 is 1.06 bits per heavy atom. The maximum absolute atomic E-state index is 13.1. The summed E-state index contributed by atoms with van der Waals surface area (Å²) in [4.78, 5) is 13.1. The predicted molar refractivity (Wildman–Crippen MR) is 131 cm³/mol. The van der Waals surface area contributed by atoms with Gasteiger partial charge in [-0.2, -0.15) is 4.31 Å². The molecule has 1 saturated heterocycles. The smallest absolute Gasteiger partial charge is 0.322 e. The summed E-state index contributed by atoms with van der Waals surface area (Å²) in [5, 5.41) is 10.5. The van der Waals surface area contributed by atoms with Gasteiger partial charge in [0.1, 0.15) is 0 Å². The van der Waals surface area contributed by atoms with Crippen LogP contribution in [0.4, 0.5) is 6.01 Å².